The molecule has 3 nitrogen and oxygen atoms in total. The van der Waals surface area contributed by atoms with Gasteiger partial charge in [0.1, 0.15) is 18.9 Å². The average Bonchev–Trinajstić information content (AvgIpc) is 2.20. The quantitative estimate of drug-likeness (QED) is 0.750. The van der Waals surface area contributed by atoms with E-state index < -0.39 is 0 Å². The van der Waals surface area contributed by atoms with E-state index in [1.165, 1.54) is 5.56 Å². The monoisotopic (exact) mass is 274 g/mol. The zero-order chi connectivity index (χ0) is 11.1. The summed E-state index contributed by atoms with van der Waals surface area (Å²) in [6.45, 7) is 4.51. The third-order valence-electron chi connectivity index (χ3n) is 2.00. The summed E-state index contributed by atoms with van der Waals surface area (Å²) in [4.78, 5) is 0. The number of aliphatic hydroxyl groups excluding tert-OH is 1. The number of aryl methyl sites for hydroxylation is 1. The topological polar surface area (TPSA) is 46.1 Å². The highest BCUT2D eigenvalue weighted by atomic mass is 79.9. The maximum absolute atomic E-state index is 8.58. The molecule has 0 amide bonds. The van der Waals surface area contributed by atoms with E-state index in [4.69, 9.17) is 9.84 Å². The molecule has 4 heteroatoms. The fourth-order valence-electron chi connectivity index (χ4n) is 1.21. The van der Waals surface area contributed by atoms with Gasteiger partial charge in [0.25, 0.3) is 0 Å². The van der Waals surface area contributed by atoms with Gasteiger partial charge in [-0.05, 0) is 40.5 Å². The smallest absolute Gasteiger partial charge is 0.137 e. The highest BCUT2D eigenvalue weighted by Crippen LogP contribution is 2.25. The lowest BCUT2D eigenvalue weighted by atomic mass is 10.2. The molecule has 0 heterocycles. The Balaban J connectivity index is 2.31. The van der Waals surface area contributed by atoms with Crippen LogP contribution in [0.25, 0.3) is 0 Å². The second-order valence-electron chi connectivity index (χ2n) is 3.37. The fourth-order valence-corrected chi connectivity index (χ4v) is 1.82. The second-order valence-corrected chi connectivity index (χ2v) is 4.23. The highest BCUT2D eigenvalue weighted by molar-refractivity contribution is 9.10. The average molecular weight is 275 g/mol. The third-order valence-corrected chi connectivity index (χ3v) is 2.62. The number of hydrogen-bond acceptors (Lipinski definition) is 2. The lowest BCUT2D eigenvalue weighted by molar-refractivity contribution is -0.656. The Morgan fingerprint density at radius 2 is 2.20 bits per heavy atom. The summed E-state index contributed by atoms with van der Waals surface area (Å²) in [6, 6.07) is 6.02. The van der Waals surface area contributed by atoms with Crippen LogP contribution >= 0.6 is 15.9 Å². The molecular weight excluding hydrogens is 258 g/mol. The van der Waals surface area contributed by atoms with Gasteiger partial charge in [-0.15, -0.1) is 0 Å². The molecule has 0 aliphatic rings. The first kappa shape index (κ1) is 12.5. The lowest BCUT2D eigenvalue weighted by Crippen LogP contribution is -2.86. The number of aliphatic hydroxyl groups is 1. The van der Waals surface area contributed by atoms with Crippen LogP contribution in [-0.4, -0.2) is 31.4 Å². The molecule has 0 spiro atoms. The van der Waals surface area contributed by atoms with E-state index in [2.05, 4.69) is 15.9 Å². The molecule has 0 bridgehead atoms. The number of rotatable bonds is 6. The molecule has 1 aromatic carbocycles. The van der Waals surface area contributed by atoms with Crippen LogP contribution in [0.1, 0.15) is 5.56 Å². The van der Waals surface area contributed by atoms with Crippen LogP contribution in [0.4, 0.5) is 0 Å². The number of quaternary nitrogens is 1. The predicted octanol–water partition coefficient (Wildman–Crippen LogP) is 0.692. The van der Waals surface area contributed by atoms with Gasteiger partial charge in [0.05, 0.1) is 17.6 Å². The van der Waals surface area contributed by atoms with Crippen molar-refractivity contribution in [1.29, 1.82) is 0 Å². The van der Waals surface area contributed by atoms with E-state index in [0.29, 0.717) is 6.61 Å². The molecule has 0 radical (unpaired) electrons. The minimum absolute atomic E-state index is 0.216. The Morgan fingerprint density at radius 3 is 2.87 bits per heavy atom. The van der Waals surface area contributed by atoms with Gasteiger partial charge in [0, 0.05) is 0 Å². The molecule has 0 saturated heterocycles. The zero-order valence-corrected chi connectivity index (χ0v) is 10.5. The van der Waals surface area contributed by atoms with Gasteiger partial charge in [-0.25, -0.2) is 0 Å². The van der Waals surface area contributed by atoms with Crippen LogP contribution < -0.4 is 10.1 Å². The first-order valence-electron chi connectivity index (χ1n) is 5.05. The van der Waals surface area contributed by atoms with Crippen molar-refractivity contribution >= 4 is 15.9 Å². The standard InChI is InChI=1S/C11H16BrNO2/c1-9-2-3-11(10(12)8-9)15-7-5-13-4-6-14/h2-3,8,13-14H,4-7H2,1H3/p+1. The second kappa shape index (κ2) is 6.82. The van der Waals surface area contributed by atoms with Crippen LogP contribution in [0.2, 0.25) is 0 Å². The van der Waals surface area contributed by atoms with Crippen LogP contribution in [0, 0.1) is 6.92 Å². The first-order valence-corrected chi connectivity index (χ1v) is 5.85. The number of benzene rings is 1. The normalized spacial score (nSPS) is 10.3. The Morgan fingerprint density at radius 1 is 1.40 bits per heavy atom. The molecule has 0 aromatic heterocycles. The molecule has 1 rings (SSSR count). The Bertz CT molecular complexity index is 305. The molecule has 15 heavy (non-hydrogen) atoms. The van der Waals surface area contributed by atoms with E-state index in [-0.39, 0.29) is 6.61 Å². The van der Waals surface area contributed by atoms with E-state index in [0.717, 1.165) is 23.3 Å². The van der Waals surface area contributed by atoms with Gasteiger partial charge >= 0.3 is 0 Å². The molecule has 3 N–H and O–H groups in total. The van der Waals surface area contributed by atoms with Gasteiger partial charge in [0.2, 0.25) is 0 Å². The van der Waals surface area contributed by atoms with Crippen LogP contribution in [0.15, 0.2) is 22.7 Å². The zero-order valence-electron chi connectivity index (χ0n) is 8.87. The number of halogens is 1. The third kappa shape index (κ3) is 4.64. The van der Waals surface area contributed by atoms with Gasteiger partial charge in [-0.1, -0.05) is 6.07 Å². The van der Waals surface area contributed by atoms with E-state index in [1.807, 2.05) is 30.4 Å². The Hall–Kier alpha value is -0.580. The fraction of sp³-hybridized carbons (Fsp3) is 0.455. The first-order chi connectivity index (χ1) is 7.24. The van der Waals surface area contributed by atoms with Crippen molar-refractivity contribution in [3.63, 3.8) is 0 Å². The summed E-state index contributed by atoms with van der Waals surface area (Å²) in [5.74, 6) is 0.873. The molecule has 0 aliphatic heterocycles. The summed E-state index contributed by atoms with van der Waals surface area (Å²) in [7, 11) is 0. The Labute approximate surface area is 98.6 Å². The molecule has 0 aliphatic carbocycles. The van der Waals surface area contributed by atoms with Crippen molar-refractivity contribution in [3.8, 4) is 5.75 Å². The van der Waals surface area contributed by atoms with Crippen molar-refractivity contribution in [1.82, 2.24) is 0 Å². The van der Waals surface area contributed by atoms with Gasteiger partial charge in [-0.2, -0.15) is 0 Å². The molecule has 0 saturated carbocycles. The minimum atomic E-state index is 0.216. The number of hydrogen-bond donors (Lipinski definition) is 2. The van der Waals surface area contributed by atoms with Crippen molar-refractivity contribution < 1.29 is 15.2 Å². The number of nitrogens with two attached hydrogens (primary N) is 1. The largest absolute Gasteiger partial charge is 0.487 e. The van der Waals surface area contributed by atoms with Crippen molar-refractivity contribution in [3.05, 3.63) is 28.2 Å². The maximum atomic E-state index is 8.58. The molecule has 84 valence electrons. The van der Waals surface area contributed by atoms with E-state index in [1.54, 1.807) is 0 Å². The SMILES string of the molecule is Cc1ccc(OCC[NH2+]CCO)c(Br)c1. The van der Waals surface area contributed by atoms with Crippen molar-refractivity contribution in [2.24, 2.45) is 0 Å². The lowest BCUT2D eigenvalue weighted by Gasteiger charge is -2.07. The van der Waals surface area contributed by atoms with Gasteiger partial charge < -0.3 is 15.2 Å². The molecule has 0 unspecified atom stereocenters. The predicted molar refractivity (Wildman–Crippen MR) is 63.1 cm³/mol. The minimum Gasteiger partial charge on any atom is -0.487 e. The van der Waals surface area contributed by atoms with Crippen molar-refractivity contribution in [2.75, 3.05) is 26.3 Å². The Kier molecular flexibility index (Phi) is 5.68. The molecule has 0 fully saturated rings. The van der Waals surface area contributed by atoms with Crippen LogP contribution in [-0.2, 0) is 0 Å². The summed E-state index contributed by atoms with van der Waals surface area (Å²) < 4.78 is 6.57. The summed E-state index contributed by atoms with van der Waals surface area (Å²) in [5.41, 5.74) is 1.21. The molecule has 1 aromatic rings. The van der Waals surface area contributed by atoms with Gasteiger partial charge in [0.15, 0.2) is 0 Å². The van der Waals surface area contributed by atoms with E-state index in [9.17, 15) is 0 Å². The van der Waals surface area contributed by atoms with Crippen molar-refractivity contribution in [2.45, 2.75) is 6.92 Å². The summed E-state index contributed by atoms with van der Waals surface area (Å²) in [6.07, 6.45) is 0. The van der Waals surface area contributed by atoms with Crippen LogP contribution in [0.3, 0.4) is 0 Å². The summed E-state index contributed by atoms with van der Waals surface area (Å²) in [5, 5.41) is 10.6. The van der Waals surface area contributed by atoms with E-state index >= 15 is 0 Å². The number of ether oxygens (including phenoxy) is 1. The van der Waals surface area contributed by atoms with Crippen LogP contribution in [0.5, 0.6) is 5.75 Å². The van der Waals surface area contributed by atoms with Gasteiger partial charge in [-0.3, -0.25) is 0 Å². The highest BCUT2D eigenvalue weighted by Gasteiger charge is 2.00. The molecule has 0 atom stereocenters. The summed E-state index contributed by atoms with van der Waals surface area (Å²) >= 11 is 3.45. The molecular formula is C11H17BrNO2+. The maximum Gasteiger partial charge on any atom is 0.137 e.